The Morgan fingerprint density at radius 1 is 1.24 bits per heavy atom. The third kappa shape index (κ3) is 3.13. The number of carboxylic acid groups (broad SMARTS) is 1. The van der Waals surface area contributed by atoms with Gasteiger partial charge in [0.2, 0.25) is 0 Å². The van der Waals surface area contributed by atoms with Crippen molar-refractivity contribution in [2.75, 3.05) is 31.5 Å². The predicted octanol–water partition coefficient (Wildman–Crippen LogP) is 2.44. The maximum atomic E-state index is 11.2. The van der Waals surface area contributed by atoms with Crippen molar-refractivity contribution < 1.29 is 9.90 Å². The highest BCUT2D eigenvalue weighted by Gasteiger charge is 2.11. The quantitative estimate of drug-likeness (QED) is 0.883. The van der Waals surface area contributed by atoms with Crippen LogP contribution in [-0.4, -0.2) is 47.1 Å². The van der Waals surface area contributed by atoms with Crippen LogP contribution in [0.3, 0.4) is 0 Å². The molecule has 2 heterocycles. The zero-order valence-corrected chi connectivity index (χ0v) is 11.9. The van der Waals surface area contributed by atoms with Crippen molar-refractivity contribution >= 4 is 22.7 Å². The third-order valence-corrected chi connectivity index (χ3v) is 3.90. The fourth-order valence-corrected chi connectivity index (χ4v) is 2.79. The van der Waals surface area contributed by atoms with E-state index in [0.717, 1.165) is 18.9 Å². The van der Waals surface area contributed by atoms with Crippen LogP contribution in [-0.2, 0) is 0 Å². The molecule has 0 atom stereocenters. The van der Waals surface area contributed by atoms with E-state index in [2.05, 4.69) is 15.2 Å². The van der Waals surface area contributed by atoms with Gasteiger partial charge in [-0.05, 0) is 50.2 Å². The Labute approximate surface area is 123 Å². The Bertz CT molecular complexity index is 651. The molecule has 110 valence electrons. The molecule has 1 aliphatic heterocycles. The van der Waals surface area contributed by atoms with Gasteiger partial charge in [-0.3, -0.25) is 0 Å². The summed E-state index contributed by atoms with van der Waals surface area (Å²) in [5, 5.41) is 13.2. The van der Waals surface area contributed by atoms with Crippen LogP contribution in [0.4, 0.5) is 5.82 Å². The Kier molecular flexibility index (Phi) is 4.01. The van der Waals surface area contributed by atoms with Crippen molar-refractivity contribution in [2.45, 2.75) is 12.8 Å². The molecule has 1 aromatic heterocycles. The van der Waals surface area contributed by atoms with Gasteiger partial charge in [-0.15, -0.1) is 0 Å². The number of carbonyl (C=O) groups is 1. The van der Waals surface area contributed by atoms with Gasteiger partial charge < -0.3 is 15.3 Å². The van der Waals surface area contributed by atoms with E-state index in [4.69, 9.17) is 5.11 Å². The van der Waals surface area contributed by atoms with E-state index in [0.29, 0.717) is 16.5 Å². The number of carboxylic acids is 1. The van der Waals surface area contributed by atoms with Gasteiger partial charge in [-0.1, -0.05) is 6.07 Å². The lowest BCUT2D eigenvalue weighted by Crippen LogP contribution is -2.26. The van der Waals surface area contributed by atoms with E-state index in [1.165, 1.54) is 25.9 Å². The molecule has 1 saturated heterocycles. The predicted molar refractivity (Wildman–Crippen MR) is 82.9 cm³/mol. The molecule has 0 unspecified atom stereocenters. The van der Waals surface area contributed by atoms with E-state index >= 15 is 0 Å². The van der Waals surface area contributed by atoms with E-state index in [1.807, 2.05) is 18.2 Å². The molecule has 0 radical (unpaired) electrons. The first-order valence-electron chi connectivity index (χ1n) is 7.33. The van der Waals surface area contributed by atoms with Crippen molar-refractivity contribution in [1.29, 1.82) is 0 Å². The number of aromatic carboxylic acids is 1. The molecule has 1 aromatic carbocycles. The van der Waals surface area contributed by atoms with Crippen LogP contribution in [0.1, 0.15) is 23.2 Å². The number of pyridine rings is 1. The van der Waals surface area contributed by atoms with Crippen molar-refractivity contribution in [3.8, 4) is 0 Å². The first-order valence-corrected chi connectivity index (χ1v) is 7.33. The van der Waals surface area contributed by atoms with Crippen LogP contribution in [0.2, 0.25) is 0 Å². The summed E-state index contributed by atoms with van der Waals surface area (Å²) in [5.41, 5.74) is 1.00. The van der Waals surface area contributed by atoms with Crippen molar-refractivity contribution in [2.24, 2.45) is 0 Å². The topological polar surface area (TPSA) is 65.5 Å². The number of likely N-dealkylation sites (tertiary alicyclic amines) is 1. The summed E-state index contributed by atoms with van der Waals surface area (Å²) < 4.78 is 0. The highest BCUT2D eigenvalue weighted by molar-refractivity contribution is 6.02. The summed E-state index contributed by atoms with van der Waals surface area (Å²) in [4.78, 5) is 18.1. The molecule has 0 amide bonds. The molecule has 0 spiro atoms. The lowest BCUT2D eigenvalue weighted by Gasteiger charge is -2.15. The smallest absolute Gasteiger partial charge is 0.336 e. The third-order valence-electron chi connectivity index (χ3n) is 3.90. The number of nitrogens with one attached hydrogen (secondary N) is 1. The molecule has 2 aromatic rings. The molecule has 1 fully saturated rings. The van der Waals surface area contributed by atoms with Crippen LogP contribution in [0.25, 0.3) is 10.9 Å². The SMILES string of the molecule is O=C(O)c1cccc2nc(NCCN3CCCC3)ccc12. The van der Waals surface area contributed by atoms with Crippen LogP contribution in [0.15, 0.2) is 30.3 Å². The lowest BCUT2D eigenvalue weighted by atomic mass is 10.1. The molecular formula is C16H19N3O2. The van der Waals surface area contributed by atoms with Crippen LogP contribution >= 0.6 is 0 Å². The average Bonchev–Trinajstić information content (AvgIpc) is 2.99. The fraction of sp³-hybridized carbons (Fsp3) is 0.375. The zero-order chi connectivity index (χ0) is 14.7. The lowest BCUT2D eigenvalue weighted by molar-refractivity contribution is 0.0699. The molecule has 0 aliphatic carbocycles. The number of aromatic nitrogens is 1. The number of anilines is 1. The fourth-order valence-electron chi connectivity index (χ4n) is 2.79. The normalized spacial score (nSPS) is 15.4. The number of fused-ring (bicyclic) bond motifs is 1. The molecule has 3 rings (SSSR count). The van der Waals surface area contributed by atoms with Crippen LogP contribution in [0, 0.1) is 0 Å². The van der Waals surface area contributed by atoms with Gasteiger partial charge in [-0.2, -0.15) is 0 Å². The van der Waals surface area contributed by atoms with E-state index in [-0.39, 0.29) is 0 Å². The molecule has 0 saturated carbocycles. The summed E-state index contributed by atoms with van der Waals surface area (Å²) >= 11 is 0. The monoisotopic (exact) mass is 285 g/mol. The number of hydrogen-bond donors (Lipinski definition) is 2. The highest BCUT2D eigenvalue weighted by atomic mass is 16.4. The maximum absolute atomic E-state index is 11.2. The second-order valence-electron chi connectivity index (χ2n) is 5.35. The molecule has 1 aliphatic rings. The van der Waals surface area contributed by atoms with Crippen molar-refractivity contribution in [3.05, 3.63) is 35.9 Å². The van der Waals surface area contributed by atoms with Gasteiger partial charge in [0, 0.05) is 18.5 Å². The minimum atomic E-state index is -0.919. The van der Waals surface area contributed by atoms with Gasteiger partial charge in [0.05, 0.1) is 11.1 Å². The summed E-state index contributed by atoms with van der Waals surface area (Å²) in [6.07, 6.45) is 2.60. The Balaban J connectivity index is 1.70. The number of benzene rings is 1. The van der Waals surface area contributed by atoms with Gasteiger partial charge in [-0.25, -0.2) is 9.78 Å². The number of nitrogens with zero attached hydrogens (tertiary/aromatic N) is 2. The van der Waals surface area contributed by atoms with Crippen LogP contribution in [0.5, 0.6) is 0 Å². The Morgan fingerprint density at radius 3 is 2.81 bits per heavy atom. The van der Waals surface area contributed by atoms with Gasteiger partial charge >= 0.3 is 5.97 Å². The molecule has 5 nitrogen and oxygen atoms in total. The average molecular weight is 285 g/mol. The second kappa shape index (κ2) is 6.10. The van der Waals surface area contributed by atoms with Crippen molar-refractivity contribution in [3.63, 3.8) is 0 Å². The first-order chi connectivity index (χ1) is 10.2. The largest absolute Gasteiger partial charge is 0.478 e. The molecule has 2 N–H and O–H groups in total. The summed E-state index contributed by atoms with van der Waals surface area (Å²) in [7, 11) is 0. The molecule has 0 bridgehead atoms. The van der Waals surface area contributed by atoms with Gasteiger partial charge in [0.25, 0.3) is 0 Å². The summed E-state index contributed by atoms with van der Waals surface area (Å²) in [6, 6.07) is 8.84. The highest BCUT2D eigenvalue weighted by Crippen LogP contribution is 2.19. The minimum Gasteiger partial charge on any atom is -0.478 e. The van der Waals surface area contributed by atoms with E-state index in [9.17, 15) is 4.79 Å². The van der Waals surface area contributed by atoms with Crippen molar-refractivity contribution in [1.82, 2.24) is 9.88 Å². The molecule has 21 heavy (non-hydrogen) atoms. The van der Waals surface area contributed by atoms with Gasteiger partial charge in [0.1, 0.15) is 5.82 Å². The second-order valence-corrected chi connectivity index (χ2v) is 5.35. The summed E-state index contributed by atoms with van der Waals surface area (Å²) in [5.74, 6) is -0.124. The molecular weight excluding hydrogens is 266 g/mol. The number of rotatable bonds is 5. The maximum Gasteiger partial charge on any atom is 0.336 e. The minimum absolute atomic E-state index is 0.295. The van der Waals surface area contributed by atoms with Crippen LogP contribution < -0.4 is 5.32 Å². The Hall–Kier alpha value is -2.14. The standard InChI is InChI=1S/C16H19N3O2/c20-16(21)13-4-3-5-14-12(13)6-7-15(18-14)17-8-11-19-9-1-2-10-19/h3-7H,1-2,8-11H2,(H,17,18)(H,20,21). The van der Waals surface area contributed by atoms with E-state index in [1.54, 1.807) is 12.1 Å². The zero-order valence-electron chi connectivity index (χ0n) is 11.9. The molecule has 5 heteroatoms. The number of hydrogen-bond acceptors (Lipinski definition) is 4. The first kappa shape index (κ1) is 13.8. The Morgan fingerprint density at radius 2 is 2.05 bits per heavy atom. The van der Waals surface area contributed by atoms with Gasteiger partial charge in [0.15, 0.2) is 0 Å². The van der Waals surface area contributed by atoms with E-state index < -0.39 is 5.97 Å². The summed E-state index contributed by atoms with van der Waals surface area (Å²) in [6.45, 7) is 4.26.